The molecule has 1 saturated heterocycles. The van der Waals surface area contributed by atoms with Gasteiger partial charge in [0, 0.05) is 30.1 Å². The van der Waals surface area contributed by atoms with E-state index in [4.69, 9.17) is 31.0 Å². The topological polar surface area (TPSA) is 248 Å². The summed E-state index contributed by atoms with van der Waals surface area (Å²) in [5.41, 5.74) is 11.7. The molecule has 2 aromatic rings. The van der Waals surface area contributed by atoms with Crippen LogP contribution in [0.5, 0.6) is 5.75 Å². The number of nitrogen functional groups attached to an aromatic ring is 1. The van der Waals surface area contributed by atoms with Gasteiger partial charge in [-0.05, 0) is 96.7 Å². The number of fused-ring (bicyclic) bond motifs is 1. The maximum atomic E-state index is 13.5. The Morgan fingerprint density at radius 2 is 2.04 bits per heavy atom. The molecule has 3 atom stereocenters. The van der Waals surface area contributed by atoms with Gasteiger partial charge in [0.2, 0.25) is 6.41 Å². The van der Waals surface area contributed by atoms with E-state index in [9.17, 15) is 18.0 Å². The van der Waals surface area contributed by atoms with Crippen LogP contribution in [-0.2, 0) is 35.5 Å². The number of rotatable bonds is 16. The predicted octanol–water partition coefficient (Wildman–Crippen LogP) is 1.43. The van der Waals surface area contributed by atoms with Crippen LogP contribution in [0.15, 0.2) is 28.7 Å². The summed E-state index contributed by atoms with van der Waals surface area (Å²) in [6, 6.07) is 5.01. The Labute approximate surface area is 296 Å². The van der Waals surface area contributed by atoms with Gasteiger partial charge in [0.15, 0.2) is 16.9 Å². The standard InChI is InChI=1S/C31H47N9O8S2/c1-19(25-8-6-21-16-22(7-9-26(21)46-25)28(33)36-23-10-14-39(15-11-23)13-5-12-32)47-38-27(24-17-49-30(34)37-24)29(42)35-20(2)31(3,4)40(18-41)48-50(43,44)45/h7,9,16-20,23,25H,5-6,8,10-15,32H2,1-4H3,(H2,33,36)(H2,34,37)(H,35,42)(H,43,44,45)/b38-27-. The van der Waals surface area contributed by atoms with Gasteiger partial charge >= 0.3 is 10.4 Å². The summed E-state index contributed by atoms with van der Waals surface area (Å²) < 4.78 is 42.2. The number of carbonyl (C=O) groups is 2. The van der Waals surface area contributed by atoms with E-state index in [1.807, 2.05) is 18.2 Å². The molecule has 3 heterocycles. The zero-order chi connectivity index (χ0) is 36.6. The first-order chi connectivity index (χ1) is 23.6. The van der Waals surface area contributed by atoms with E-state index in [0.717, 1.165) is 61.4 Å². The number of nitrogens with two attached hydrogens (primary N) is 2. The fourth-order valence-corrected chi connectivity index (χ4v) is 6.56. The van der Waals surface area contributed by atoms with Gasteiger partial charge in [0.05, 0.1) is 11.6 Å². The minimum atomic E-state index is -5.01. The van der Waals surface area contributed by atoms with E-state index in [1.54, 1.807) is 6.92 Å². The van der Waals surface area contributed by atoms with Crippen LogP contribution >= 0.6 is 11.3 Å². The number of piperidine rings is 1. The van der Waals surface area contributed by atoms with Gasteiger partial charge in [-0.3, -0.25) is 19.6 Å². The maximum absolute atomic E-state index is 13.5. The molecule has 0 spiro atoms. The molecule has 2 amide bonds. The SMILES string of the molecule is CC(O/N=C(\C(=O)NC(C)C(C)(C)N(C=O)OS(=O)(=O)O)c1csc(N)n1)C1CCc2cc(C(=N)NC3CCN(CCCN)CC3)ccc2O1. The van der Waals surface area contributed by atoms with Crippen LogP contribution in [0.1, 0.15) is 70.2 Å². The van der Waals surface area contributed by atoms with Crippen molar-refractivity contribution >= 4 is 50.7 Å². The molecule has 276 valence electrons. The summed E-state index contributed by atoms with van der Waals surface area (Å²) in [5.74, 6) is 0.312. The molecule has 3 unspecified atom stereocenters. The number of carbonyl (C=O) groups excluding carboxylic acids is 2. The lowest BCUT2D eigenvalue weighted by molar-refractivity contribution is -0.166. The van der Waals surface area contributed by atoms with Crippen LogP contribution < -0.4 is 26.8 Å². The molecule has 1 aromatic heterocycles. The number of aryl methyl sites for hydroxylation is 1. The van der Waals surface area contributed by atoms with Crippen molar-refractivity contribution in [3.63, 3.8) is 0 Å². The van der Waals surface area contributed by atoms with E-state index < -0.39 is 40.1 Å². The van der Waals surface area contributed by atoms with Crippen molar-refractivity contribution in [2.75, 3.05) is 31.9 Å². The smallest absolute Gasteiger partial charge is 0.418 e. The molecule has 17 nitrogen and oxygen atoms in total. The first-order valence-corrected chi connectivity index (χ1v) is 18.6. The third-order valence-corrected chi connectivity index (χ3v) is 10.0. The number of thiazole rings is 1. The summed E-state index contributed by atoms with van der Waals surface area (Å²) >= 11 is 1.09. The highest BCUT2D eigenvalue weighted by molar-refractivity contribution is 7.80. The van der Waals surface area contributed by atoms with Gasteiger partial charge in [0.25, 0.3) is 5.91 Å². The molecule has 1 fully saturated rings. The number of oxime groups is 1. The quantitative estimate of drug-likeness (QED) is 0.0470. The summed E-state index contributed by atoms with van der Waals surface area (Å²) in [6.07, 6.45) is 3.29. The Morgan fingerprint density at radius 1 is 1.32 bits per heavy atom. The van der Waals surface area contributed by atoms with E-state index in [0.29, 0.717) is 36.0 Å². The molecule has 0 bridgehead atoms. The summed E-state index contributed by atoms with van der Waals surface area (Å²) in [4.78, 5) is 37.4. The monoisotopic (exact) mass is 737 g/mol. The van der Waals surface area contributed by atoms with Gasteiger partial charge in [-0.25, -0.2) is 4.98 Å². The Bertz CT molecular complexity index is 1640. The average molecular weight is 738 g/mol. The van der Waals surface area contributed by atoms with Gasteiger partial charge < -0.3 is 36.6 Å². The normalized spacial score (nSPS) is 18.7. The number of likely N-dealkylation sites (tertiary alicyclic amines) is 1. The number of ether oxygens (including phenoxy) is 1. The van der Waals surface area contributed by atoms with Crippen LogP contribution in [0, 0.1) is 5.41 Å². The van der Waals surface area contributed by atoms with Gasteiger partial charge in [0.1, 0.15) is 23.4 Å². The first-order valence-electron chi connectivity index (χ1n) is 16.4. The minimum absolute atomic E-state index is 0.0670. The molecule has 0 radical (unpaired) electrons. The van der Waals surface area contributed by atoms with Crippen molar-refractivity contribution in [3.05, 3.63) is 40.4 Å². The zero-order valence-electron chi connectivity index (χ0n) is 28.6. The van der Waals surface area contributed by atoms with Crippen molar-refractivity contribution in [2.24, 2.45) is 10.9 Å². The summed E-state index contributed by atoms with van der Waals surface area (Å²) in [7, 11) is -5.01. The fourth-order valence-electron chi connectivity index (χ4n) is 5.59. The molecule has 2 aliphatic rings. The molecule has 19 heteroatoms. The Balaban J connectivity index is 1.38. The zero-order valence-corrected chi connectivity index (χ0v) is 30.3. The number of nitrogens with zero attached hydrogens (tertiary/aromatic N) is 4. The van der Waals surface area contributed by atoms with Gasteiger partial charge in [-0.15, -0.1) is 15.6 Å². The molecule has 4 rings (SSSR count). The maximum Gasteiger partial charge on any atom is 0.418 e. The minimum Gasteiger partial charge on any atom is -0.486 e. The molecule has 2 aliphatic heterocycles. The highest BCUT2D eigenvalue weighted by Crippen LogP contribution is 2.31. The second-order valence-electron chi connectivity index (χ2n) is 12.9. The third-order valence-electron chi connectivity index (χ3n) is 9.00. The predicted molar refractivity (Wildman–Crippen MR) is 188 cm³/mol. The molecule has 8 N–H and O–H groups in total. The number of amidine groups is 1. The van der Waals surface area contributed by atoms with E-state index in [-0.39, 0.29) is 29.0 Å². The number of nitrogens with one attached hydrogen (secondary N) is 3. The highest BCUT2D eigenvalue weighted by Gasteiger charge is 2.38. The number of amides is 2. The lowest BCUT2D eigenvalue weighted by atomic mass is 9.95. The highest BCUT2D eigenvalue weighted by atomic mass is 32.3. The molecule has 0 saturated carbocycles. The van der Waals surface area contributed by atoms with Crippen molar-refractivity contribution in [1.82, 2.24) is 25.6 Å². The van der Waals surface area contributed by atoms with Crippen LogP contribution in [0.25, 0.3) is 0 Å². The lowest BCUT2D eigenvalue weighted by Crippen LogP contribution is -2.58. The van der Waals surface area contributed by atoms with Crippen molar-refractivity contribution < 1.29 is 36.4 Å². The Kier molecular flexibility index (Phi) is 13.1. The van der Waals surface area contributed by atoms with Crippen LogP contribution in [-0.4, -0.2) is 108 Å². The number of benzene rings is 1. The fraction of sp³-hybridized carbons (Fsp3) is 0.581. The first kappa shape index (κ1) is 38.9. The van der Waals surface area contributed by atoms with Crippen molar-refractivity contribution in [2.45, 2.75) is 89.6 Å². The van der Waals surface area contributed by atoms with E-state index >= 15 is 0 Å². The second-order valence-corrected chi connectivity index (χ2v) is 14.8. The lowest BCUT2D eigenvalue weighted by Gasteiger charge is -2.37. The average Bonchev–Trinajstić information content (AvgIpc) is 3.51. The molecular weight excluding hydrogens is 691 g/mol. The van der Waals surface area contributed by atoms with Crippen LogP contribution in [0.3, 0.4) is 0 Å². The third kappa shape index (κ3) is 10.3. The largest absolute Gasteiger partial charge is 0.486 e. The molecule has 0 aliphatic carbocycles. The second kappa shape index (κ2) is 16.9. The van der Waals surface area contributed by atoms with Crippen molar-refractivity contribution in [1.29, 1.82) is 5.41 Å². The van der Waals surface area contributed by atoms with Crippen LogP contribution in [0.4, 0.5) is 5.13 Å². The van der Waals surface area contributed by atoms with Crippen molar-refractivity contribution in [3.8, 4) is 5.75 Å². The van der Waals surface area contributed by atoms with Gasteiger partial charge in [-0.1, -0.05) is 5.16 Å². The number of hydrogen-bond donors (Lipinski definition) is 6. The summed E-state index contributed by atoms with van der Waals surface area (Å²) in [6.45, 7) is 9.80. The van der Waals surface area contributed by atoms with E-state index in [1.165, 1.54) is 26.2 Å². The molecule has 50 heavy (non-hydrogen) atoms. The molecule has 1 aromatic carbocycles. The number of aromatic nitrogens is 1. The Morgan fingerprint density at radius 3 is 2.66 bits per heavy atom. The number of hydrogen-bond acceptors (Lipinski definition) is 14. The van der Waals surface area contributed by atoms with E-state index in [2.05, 4.69) is 30.0 Å². The Hall–Kier alpha value is -3.88. The summed E-state index contributed by atoms with van der Waals surface area (Å²) in [5, 5.41) is 20.9. The number of hydroxylamine groups is 2. The molecular formula is C31H47N9O8S2. The number of anilines is 1. The van der Waals surface area contributed by atoms with Gasteiger partial charge in [-0.2, -0.15) is 13.5 Å². The van der Waals surface area contributed by atoms with Crippen LogP contribution in [0.2, 0.25) is 0 Å².